The number of unbranched alkanes of at least 4 members (excludes halogenated alkanes) is 35. The smallest absolute Gasteiger partial charge is 0.220 e. The lowest BCUT2D eigenvalue weighted by Gasteiger charge is -2.48. The van der Waals surface area contributed by atoms with E-state index in [0.717, 1.165) is 51.4 Å². The number of carbonyl (C=O) groups excluding carboxylic acids is 1. The van der Waals surface area contributed by atoms with Crippen LogP contribution in [0.2, 0.25) is 0 Å². The van der Waals surface area contributed by atoms with Crippen molar-refractivity contribution in [3.63, 3.8) is 0 Å². The third kappa shape index (κ3) is 29.7. The van der Waals surface area contributed by atoms with Crippen molar-refractivity contribution >= 4 is 5.91 Å². The Morgan fingerprint density at radius 1 is 0.390 bits per heavy atom. The maximum Gasteiger partial charge on any atom is 0.220 e. The second-order valence-corrected chi connectivity index (χ2v) is 24.3. The first-order valence-corrected chi connectivity index (χ1v) is 33.3. The quantitative estimate of drug-likeness (QED) is 0.0262. The fraction of sp³-hybridized carbons (Fsp3) is 0.984. The minimum absolute atomic E-state index is 0.253. The number of carbonyl (C=O) groups is 1. The van der Waals surface area contributed by atoms with Gasteiger partial charge in [0, 0.05) is 6.42 Å². The Labute approximate surface area is 493 Å². The summed E-state index contributed by atoms with van der Waals surface area (Å²) in [5.41, 5.74) is 0. The van der Waals surface area contributed by atoms with E-state index >= 15 is 0 Å². The molecule has 3 fully saturated rings. The van der Waals surface area contributed by atoms with Crippen molar-refractivity contribution in [1.82, 2.24) is 5.32 Å². The minimum Gasteiger partial charge on any atom is -0.394 e. The molecule has 0 aromatic rings. The third-order valence-corrected chi connectivity index (χ3v) is 17.2. The molecule has 19 heteroatoms. The number of hydrogen-bond acceptors (Lipinski definition) is 18. The van der Waals surface area contributed by atoms with E-state index in [2.05, 4.69) is 19.2 Å². The molecule has 0 bridgehead atoms. The normalized spacial score (nSPS) is 29.5. The monoisotopic (exact) mass is 1180 g/mol. The predicted octanol–water partition coefficient (Wildman–Crippen LogP) is 7.55. The van der Waals surface area contributed by atoms with Gasteiger partial charge in [0.2, 0.25) is 5.91 Å². The van der Waals surface area contributed by atoms with E-state index in [0.29, 0.717) is 12.8 Å². The fourth-order valence-corrected chi connectivity index (χ4v) is 11.7. The molecule has 3 aliphatic rings. The van der Waals surface area contributed by atoms with Crippen molar-refractivity contribution in [3.05, 3.63) is 0 Å². The van der Waals surface area contributed by atoms with Crippen molar-refractivity contribution in [2.75, 3.05) is 26.4 Å². The molecule has 17 unspecified atom stereocenters. The zero-order valence-electron chi connectivity index (χ0n) is 51.0. The maximum absolute atomic E-state index is 13.1. The lowest BCUT2D eigenvalue weighted by Crippen LogP contribution is -2.66. The summed E-state index contributed by atoms with van der Waals surface area (Å²) in [5, 5.41) is 120. The molecule has 1 amide bonds. The largest absolute Gasteiger partial charge is 0.394 e. The Morgan fingerprint density at radius 2 is 0.695 bits per heavy atom. The predicted molar refractivity (Wildman–Crippen MR) is 314 cm³/mol. The lowest BCUT2D eigenvalue weighted by molar-refractivity contribution is -0.379. The Morgan fingerprint density at radius 3 is 1.06 bits per heavy atom. The van der Waals surface area contributed by atoms with Crippen LogP contribution in [-0.2, 0) is 33.2 Å². The average Bonchev–Trinajstić information content (AvgIpc) is 3.54. The van der Waals surface area contributed by atoms with Crippen LogP contribution in [0.5, 0.6) is 0 Å². The van der Waals surface area contributed by atoms with Crippen LogP contribution in [0.1, 0.15) is 264 Å². The summed E-state index contributed by atoms with van der Waals surface area (Å²) in [6.45, 7) is 1.71. The number of aliphatic hydroxyl groups excluding tert-OH is 11. The molecule has 0 saturated carbocycles. The zero-order valence-corrected chi connectivity index (χ0v) is 51.0. The van der Waals surface area contributed by atoms with Crippen molar-refractivity contribution in [1.29, 1.82) is 0 Å². The zero-order chi connectivity index (χ0) is 59.7. The van der Waals surface area contributed by atoms with Crippen LogP contribution in [0.4, 0.5) is 0 Å². The lowest BCUT2D eigenvalue weighted by atomic mass is 9.96. The molecule has 0 spiro atoms. The molecule has 0 radical (unpaired) electrons. The number of rotatable bonds is 51. The van der Waals surface area contributed by atoms with Crippen molar-refractivity contribution in [2.45, 2.75) is 369 Å². The fourth-order valence-electron chi connectivity index (χ4n) is 11.7. The van der Waals surface area contributed by atoms with Gasteiger partial charge < -0.3 is 89.9 Å². The molecule has 0 aromatic carbocycles. The van der Waals surface area contributed by atoms with Gasteiger partial charge in [-0.05, 0) is 12.8 Å². The Kier molecular flexibility index (Phi) is 42.9. The van der Waals surface area contributed by atoms with Gasteiger partial charge in [-0.25, -0.2) is 0 Å². The SMILES string of the molecule is CCCCCCCCCCCCCCCCCCCCCCCCCCCCCCCCCCC(O)C(COC1OC(CO)C(OC2OC(CO)C(OC3OC(CO)C(O)C(O)C3O)C(O)C2O)C(O)C1O)NC(=O)CCCCCCC. The Balaban J connectivity index is 1.29. The summed E-state index contributed by atoms with van der Waals surface area (Å²) in [7, 11) is 0. The molecule has 19 nitrogen and oxygen atoms in total. The Bertz CT molecular complexity index is 1500. The van der Waals surface area contributed by atoms with Gasteiger partial charge in [-0.15, -0.1) is 0 Å². The van der Waals surface area contributed by atoms with Gasteiger partial charge in [0.05, 0.1) is 38.6 Å². The first kappa shape index (κ1) is 75.0. The van der Waals surface area contributed by atoms with Crippen LogP contribution >= 0.6 is 0 Å². The summed E-state index contributed by atoms with van der Waals surface area (Å²) in [6, 6.07) is -0.878. The number of aliphatic hydroxyl groups is 11. The van der Waals surface area contributed by atoms with Crippen LogP contribution in [0, 0.1) is 0 Å². The summed E-state index contributed by atoms with van der Waals surface area (Å²) < 4.78 is 34.2. The summed E-state index contributed by atoms with van der Waals surface area (Å²) >= 11 is 0. The number of ether oxygens (including phenoxy) is 6. The van der Waals surface area contributed by atoms with E-state index in [1.54, 1.807) is 0 Å². The summed E-state index contributed by atoms with van der Waals surface area (Å²) in [4.78, 5) is 13.1. The van der Waals surface area contributed by atoms with E-state index in [4.69, 9.17) is 28.4 Å². The number of nitrogens with one attached hydrogen (secondary N) is 1. The second kappa shape index (κ2) is 46.9. The molecule has 3 aliphatic heterocycles. The highest BCUT2D eigenvalue weighted by atomic mass is 16.8. The van der Waals surface area contributed by atoms with Gasteiger partial charge in [0.15, 0.2) is 18.9 Å². The van der Waals surface area contributed by atoms with E-state index in [1.165, 1.54) is 180 Å². The van der Waals surface area contributed by atoms with Crippen LogP contribution in [0.25, 0.3) is 0 Å². The Hall–Kier alpha value is -1.21. The van der Waals surface area contributed by atoms with Crippen molar-refractivity contribution in [3.8, 4) is 0 Å². The third-order valence-electron chi connectivity index (χ3n) is 17.2. The highest BCUT2D eigenvalue weighted by Gasteiger charge is 2.53. The topological polar surface area (TPSA) is 307 Å². The van der Waals surface area contributed by atoms with E-state index < -0.39 is 124 Å². The second-order valence-electron chi connectivity index (χ2n) is 24.3. The molecule has 486 valence electrons. The molecule has 0 aliphatic carbocycles. The first-order valence-electron chi connectivity index (χ1n) is 33.3. The van der Waals surface area contributed by atoms with E-state index in [9.17, 15) is 61.0 Å². The van der Waals surface area contributed by atoms with Gasteiger partial charge >= 0.3 is 0 Å². The van der Waals surface area contributed by atoms with Crippen molar-refractivity contribution in [2.24, 2.45) is 0 Å². The van der Waals surface area contributed by atoms with E-state index in [1.807, 2.05) is 0 Å². The standard InChI is InChI=1S/C63H121NO18/c1-3-5-7-9-10-11-12-13-14-15-16-17-18-19-20-21-22-23-24-25-26-27-28-29-30-31-32-33-34-35-37-38-40-47(68)46(64-51(69)41-39-36-8-6-4-2)45-77-61-57(75)54(72)59(49(43-66)79-61)82-63-58(76)55(73)60(50(44-67)80-63)81-62-56(74)53(71)52(70)48(42-65)78-62/h46-50,52-63,65-68,70-76H,3-45H2,1-2H3,(H,64,69). The van der Waals surface area contributed by atoms with Gasteiger partial charge in [-0.2, -0.15) is 0 Å². The van der Waals surface area contributed by atoms with Gasteiger partial charge in [0.1, 0.15) is 73.2 Å². The van der Waals surface area contributed by atoms with Gasteiger partial charge in [-0.3, -0.25) is 4.79 Å². The average molecular weight is 1180 g/mol. The first-order chi connectivity index (χ1) is 39.8. The van der Waals surface area contributed by atoms with Crippen LogP contribution < -0.4 is 5.32 Å². The highest BCUT2D eigenvalue weighted by molar-refractivity contribution is 5.76. The highest BCUT2D eigenvalue weighted by Crippen LogP contribution is 2.33. The van der Waals surface area contributed by atoms with E-state index in [-0.39, 0.29) is 18.9 Å². The maximum atomic E-state index is 13.1. The molecule has 12 N–H and O–H groups in total. The van der Waals surface area contributed by atoms with Crippen LogP contribution in [0.3, 0.4) is 0 Å². The number of amides is 1. The van der Waals surface area contributed by atoms with Gasteiger partial charge in [0.25, 0.3) is 0 Å². The molecule has 3 saturated heterocycles. The molecule has 3 rings (SSSR count). The molecule has 17 atom stereocenters. The molecule has 0 aromatic heterocycles. The summed E-state index contributed by atoms with van der Waals surface area (Å²) in [5.74, 6) is -0.253. The van der Waals surface area contributed by atoms with Crippen molar-refractivity contribution < 1.29 is 89.4 Å². The molecular formula is C63H121NO18. The van der Waals surface area contributed by atoms with Gasteiger partial charge in [-0.1, -0.05) is 245 Å². The molecular weight excluding hydrogens is 1060 g/mol. The summed E-state index contributed by atoms with van der Waals surface area (Å²) in [6.07, 6.45) is 21.5. The van der Waals surface area contributed by atoms with Crippen LogP contribution in [0.15, 0.2) is 0 Å². The number of hydrogen-bond donors (Lipinski definition) is 12. The van der Waals surface area contributed by atoms with Crippen LogP contribution in [-0.4, -0.2) is 193 Å². The molecule has 3 heterocycles. The molecule has 82 heavy (non-hydrogen) atoms. The minimum atomic E-state index is -1.97.